The first-order valence-corrected chi connectivity index (χ1v) is 15.9. The largest absolute Gasteiger partial charge is 1.00 e. The molecule has 0 saturated heterocycles. The number of azo groups is 1. The number of aromatic hydroxyl groups is 1. The topological polar surface area (TPSA) is 235 Å². The summed E-state index contributed by atoms with van der Waals surface area (Å²) in [7, 11) is -14.6. The molecule has 0 aliphatic rings. The van der Waals surface area contributed by atoms with E-state index in [-0.39, 0.29) is 75.1 Å². The first-order chi connectivity index (χ1) is 19.5. The van der Waals surface area contributed by atoms with Gasteiger partial charge in [0.1, 0.15) is 25.9 Å². The predicted octanol–water partition coefficient (Wildman–Crippen LogP) is -2.16. The minimum atomic E-state index is -5.39. The van der Waals surface area contributed by atoms with Gasteiger partial charge in [0.15, 0.2) is 5.75 Å². The van der Waals surface area contributed by atoms with E-state index in [1.807, 2.05) is 0 Å². The summed E-state index contributed by atoms with van der Waals surface area (Å²) in [4.78, 5) is 9.55. The van der Waals surface area contributed by atoms with Crippen LogP contribution in [-0.4, -0.2) is 45.4 Å². The van der Waals surface area contributed by atoms with Crippen molar-refractivity contribution in [1.82, 2.24) is 0 Å². The minimum Gasteiger partial charge on any atom is -0.744 e. The molecule has 1 amide bonds. The van der Waals surface area contributed by atoms with Gasteiger partial charge in [0, 0.05) is 18.0 Å². The molecule has 0 fully saturated rings. The Kier molecular flexibility index (Phi) is 12.3. The van der Waals surface area contributed by atoms with Crippen LogP contribution in [0.5, 0.6) is 5.75 Å². The number of anilines is 2. The van der Waals surface area contributed by atoms with Gasteiger partial charge >= 0.3 is 59.1 Å². The summed E-state index contributed by atoms with van der Waals surface area (Å²) in [5.74, 6) is -1.73. The molecule has 4 rings (SSSR count). The first-order valence-electron chi connectivity index (χ1n) is 11.6. The number of aryl methyl sites for hydroxylation is 1. The van der Waals surface area contributed by atoms with Crippen molar-refractivity contribution in [3.8, 4) is 5.75 Å². The second-order valence-corrected chi connectivity index (χ2v) is 13.2. The zero-order valence-corrected chi connectivity index (χ0v) is 30.0. The molecule has 0 radical (unpaired) electrons. The summed E-state index contributed by atoms with van der Waals surface area (Å²) in [6, 6.07) is 14.0. The second-order valence-electron chi connectivity index (χ2n) is 8.85. The number of para-hydroxylation sites is 1. The summed E-state index contributed by atoms with van der Waals surface area (Å²) in [5, 5.41) is 20.0. The van der Waals surface area contributed by atoms with Crippen molar-refractivity contribution < 1.29 is 103 Å². The number of carbonyl (C=O) groups excluding carboxylic acids is 1. The molecule has 220 valence electrons. The van der Waals surface area contributed by atoms with Crippen molar-refractivity contribution in [1.29, 1.82) is 0 Å². The Bertz CT molecular complexity index is 2110. The van der Waals surface area contributed by atoms with E-state index >= 15 is 0 Å². The molecule has 0 bridgehead atoms. The number of rotatable bonds is 8. The maximum absolute atomic E-state index is 13.0. The van der Waals surface area contributed by atoms with Gasteiger partial charge in [-0.2, -0.15) is 5.11 Å². The number of hydrogen-bond donors (Lipinski definition) is 3. The number of carbonyl (C=O) groups is 1. The van der Waals surface area contributed by atoms with E-state index in [4.69, 9.17) is 0 Å². The fraction of sp³-hybridized carbons (Fsp3) is 0.0800. The molecule has 0 atom stereocenters. The Morgan fingerprint density at radius 1 is 0.818 bits per heavy atom. The Labute approximate surface area is 297 Å². The maximum atomic E-state index is 13.0. The van der Waals surface area contributed by atoms with E-state index < -0.39 is 68.5 Å². The van der Waals surface area contributed by atoms with Gasteiger partial charge < -0.3 is 19.5 Å². The molecule has 44 heavy (non-hydrogen) atoms. The number of nitrogens with zero attached hydrogens (tertiary/aromatic N) is 2. The maximum Gasteiger partial charge on any atom is 1.00 e. The molecular weight excluding hydrogens is 658 g/mol. The van der Waals surface area contributed by atoms with Gasteiger partial charge in [-0.1, -0.05) is 24.3 Å². The van der Waals surface area contributed by atoms with Gasteiger partial charge in [-0.15, -0.1) is 5.11 Å². The number of benzene rings is 4. The molecule has 0 saturated carbocycles. The quantitative estimate of drug-likeness (QED) is 0.104. The van der Waals surface area contributed by atoms with Crippen LogP contribution in [-0.2, 0) is 35.1 Å². The summed E-state index contributed by atoms with van der Waals surface area (Å²) in [6.45, 7) is 2.58. The number of phenols is 1. The van der Waals surface area contributed by atoms with Crippen molar-refractivity contribution >= 4 is 69.7 Å². The Hall–Kier alpha value is -2.42. The normalized spacial score (nSPS) is 11.9. The van der Waals surface area contributed by atoms with Crippen LogP contribution in [0.15, 0.2) is 91.6 Å². The van der Waals surface area contributed by atoms with Crippen LogP contribution >= 0.6 is 0 Å². The van der Waals surface area contributed by atoms with Gasteiger partial charge in [-0.05, 0) is 60.3 Å². The molecule has 3 N–H and O–H groups in total. The fourth-order valence-electron chi connectivity index (χ4n) is 3.94. The van der Waals surface area contributed by atoms with E-state index in [9.17, 15) is 44.3 Å². The second kappa shape index (κ2) is 14.3. The molecule has 0 aromatic heterocycles. The first kappa shape index (κ1) is 37.8. The SMILES string of the molecule is CC(=O)Nc1cc(S(=O)(=O)[O-])cc2cc(S(=O)(=O)[O-])c(N=Nc3ccc(C)c(S(=O)(=O)Nc4ccccc4)c3)c(O)c12.[Na+].[Na+]. The number of amides is 1. The van der Waals surface area contributed by atoms with E-state index in [2.05, 4.69) is 20.3 Å². The van der Waals surface area contributed by atoms with Crippen LogP contribution in [0, 0.1) is 6.92 Å². The van der Waals surface area contributed by atoms with Crippen LogP contribution in [0.4, 0.5) is 22.7 Å². The Balaban J connectivity index is 0.00000337. The smallest absolute Gasteiger partial charge is 0.744 e. The zero-order chi connectivity index (χ0) is 31.0. The van der Waals surface area contributed by atoms with E-state index in [1.54, 1.807) is 18.2 Å². The molecule has 0 unspecified atom stereocenters. The molecule has 0 aliphatic heterocycles. The van der Waals surface area contributed by atoms with Crippen LogP contribution in [0.3, 0.4) is 0 Å². The number of phenolic OH excluding ortho intramolecular Hbond substituents is 1. The molecule has 19 heteroatoms. The monoisotopic (exact) mass is 678 g/mol. The van der Waals surface area contributed by atoms with Crippen LogP contribution in [0.1, 0.15) is 12.5 Å². The van der Waals surface area contributed by atoms with Crippen molar-refractivity contribution in [3.63, 3.8) is 0 Å². The molecule has 0 spiro atoms. The summed E-state index contributed by atoms with van der Waals surface area (Å²) >= 11 is 0. The fourth-order valence-corrected chi connectivity index (χ4v) is 6.45. The zero-order valence-electron chi connectivity index (χ0n) is 23.6. The van der Waals surface area contributed by atoms with Crippen molar-refractivity contribution in [3.05, 3.63) is 72.3 Å². The average Bonchev–Trinajstić information content (AvgIpc) is 2.87. The molecule has 0 heterocycles. The molecule has 14 nitrogen and oxygen atoms in total. The van der Waals surface area contributed by atoms with Crippen LogP contribution in [0.2, 0.25) is 0 Å². The summed E-state index contributed by atoms with van der Waals surface area (Å²) in [6.07, 6.45) is 0. The van der Waals surface area contributed by atoms with Crippen LogP contribution < -0.4 is 69.2 Å². The number of fused-ring (bicyclic) bond motifs is 1. The van der Waals surface area contributed by atoms with E-state index in [1.165, 1.54) is 31.2 Å². The Morgan fingerprint density at radius 2 is 1.45 bits per heavy atom. The third-order valence-corrected chi connectivity index (χ3v) is 8.93. The molecule has 4 aromatic rings. The van der Waals surface area contributed by atoms with E-state index in [0.717, 1.165) is 25.1 Å². The number of nitrogens with one attached hydrogen (secondary N) is 2. The summed E-state index contributed by atoms with van der Waals surface area (Å²) < 4.78 is 99.7. The van der Waals surface area contributed by atoms with Gasteiger partial charge in [-0.3, -0.25) is 9.52 Å². The third kappa shape index (κ3) is 8.64. The van der Waals surface area contributed by atoms with Crippen molar-refractivity contribution in [2.45, 2.75) is 28.5 Å². The predicted molar refractivity (Wildman–Crippen MR) is 148 cm³/mol. The van der Waals surface area contributed by atoms with Gasteiger partial charge in [0.25, 0.3) is 10.0 Å². The molecular formula is C25H20N4Na2O10S3. The van der Waals surface area contributed by atoms with E-state index in [0.29, 0.717) is 17.3 Å². The van der Waals surface area contributed by atoms with Gasteiger partial charge in [0.05, 0.1) is 26.1 Å². The van der Waals surface area contributed by atoms with Crippen molar-refractivity contribution in [2.75, 3.05) is 10.0 Å². The third-order valence-electron chi connectivity index (χ3n) is 5.74. The van der Waals surface area contributed by atoms with Gasteiger partial charge in [-0.25, -0.2) is 25.3 Å². The van der Waals surface area contributed by atoms with Crippen LogP contribution in [0.25, 0.3) is 10.8 Å². The number of hydrogen-bond acceptors (Lipinski definition) is 12. The Morgan fingerprint density at radius 3 is 2.02 bits per heavy atom. The number of sulfonamides is 1. The minimum absolute atomic E-state index is 0. The van der Waals surface area contributed by atoms with Gasteiger partial charge in [0.2, 0.25) is 5.91 Å². The molecule has 0 aliphatic carbocycles. The molecule has 4 aromatic carbocycles. The average molecular weight is 679 g/mol. The summed E-state index contributed by atoms with van der Waals surface area (Å²) in [5.41, 5.74) is -0.767. The van der Waals surface area contributed by atoms with Crippen molar-refractivity contribution in [2.24, 2.45) is 10.2 Å². The standard InChI is InChI=1S/C25H22N4O10S3.2Na/c1-14-8-9-18(12-21(14)40(32,33)29-17-6-4-3-5-7-17)27-28-24-22(42(37,38)39)11-16-10-19(41(34,35)36)13-20(26-15(2)30)23(16)25(24)31;;/h3-13,29,31H,1-2H3,(H,26,30)(H,34,35,36)(H,37,38,39);;/q;2*+1/p-2.